The fraction of sp³-hybridized carbons (Fsp3) is 0.600. The topological polar surface area (TPSA) is 12.0 Å². The third-order valence-electron chi connectivity index (χ3n) is 4.78. The number of halogens is 2. The van der Waals surface area contributed by atoms with Gasteiger partial charge in [-0.15, -0.1) is 0 Å². The molecule has 1 aromatic rings. The van der Waals surface area contributed by atoms with E-state index in [-0.39, 0.29) is 5.82 Å². The summed E-state index contributed by atoms with van der Waals surface area (Å²) in [5, 5.41) is 3.41. The molecule has 0 radical (unpaired) electrons. The van der Waals surface area contributed by atoms with Crippen molar-refractivity contribution in [2.24, 2.45) is 17.8 Å². The fourth-order valence-corrected chi connectivity index (χ4v) is 4.57. The average molecular weight is 312 g/mol. The molecule has 0 saturated heterocycles. The lowest BCUT2D eigenvalue weighted by Crippen LogP contribution is -2.29. The summed E-state index contributed by atoms with van der Waals surface area (Å²) in [6.07, 6.45) is 5.47. The van der Waals surface area contributed by atoms with Crippen LogP contribution in [-0.4, -0.2) is 7.05 Å². The smallest absolute Gasteiger partial charge is 0.124 e. The Morgan fingerprint density at radius 2 is 2.11 bits per heavy atom. The van der Waals surface area contributed by atoms with Gasteiger partial charge in [0.2, 0.25) is 0 Å². The van der Waals surface area contributed by atoms with Crippen molar-refractivity contribution in [2.75, 3.05) is 7.05 Å². The maximum atomic E-state index is 13.5. The first-order chi connectivity index (χ1) is 8.67. The Bertz CT molecular complexity index is 428. The second-order valence-electron chi connectivity index (χ2n) is 5.81. The van der Waals surface area contributed by atoms with E-state index in [2.05, 4.69) is 27.3 Å². The van der Waals surface area contributed by atoms with Crippen molar-refractivity contribution in [3.8, 4) is 0 Å². The van der Waals surface area contributed by atoms with E-state index in [4.69, 9.17) is 0 Å². The van der Waals surface area contributed by atoms with Crippen molar-refractivity contribution in [1.82, 2.24) is 5.32 Å². The second-order valence-corrected chi connectivity index (χ2v) is 6.72. The first-order valence-corrected chi connectivity index (χ1v) is 7.60. The lowest BCUT2D eigenvalue weighted by molar-refractivity contribution is 0.259. The highest BCUT2D eigenvalue weighted by Gasteiger charge is 2.43. The fourth-order valence-electron chi connectivity index (χ4n) is 4.08. The van der Waals surface area contributed by atoms with Crippen LogP contribution in [-0.2, 0) is 0 Å². The maximum absolute atomic E-state index is 13.5. The summed E-state index contributed by atoms with van der Waals surface area (Å²) >= 11 is 3.39. The molecule has 0 spiro atoms. The summed E-state index contributed by atoms with van der Waals surface area (Å²) in [6.45, 7) is 0. The molecular weight excluding hydrogens is 293 g/mol. The van der Waals surface area contributed by atoms with Crippen LogP contribution in [0.15, 0.2) is 22.7 Å². The summed E-state index contributed by atoms with van der Waals surface area (Å²) < 4.78 is 14.4. The van der Waals surface area contributed by atoms with Gasteiger partial charge < -0.3 is 5.32 Å². The minimum Gasteiger partial charge on any atom is -0.313 e. The van der Waals surface area contributed by atoms with Gasteiger partial charge in [-0.05, 0) is 67.8 Å². The number of rotatable bonds is 3. The number of benzene rings is 1. The summed E-state index contributed by atoms with van der Waals surface area (Å²) in [5.41, 5.74) is 1.09. The Morgan fingerprint density at radius 3 is 2.67 bits per heavy atom. The Labute approximate surface area is 116 Å². The molecule has 2 bridgehead atoms. The average Bonchev–Trinajstić information content (AvgIpc) is 2.90. The van der Waals surface area contributed by atoms with Crippen molar-refractivity contribution in [1.29, 1.82) is 0 Å². The van der Waals surface area contributed by atoms with Gasteiger partial charge in [0.25, 0.3) is 0 Å². The first-order valence-electron chi connectivity index (χ1n) is 6.80. The summed E-state index contributed by atoms with van der Waals surface area (Å²) in [5.74, 6) is 2.30. The van der Waals surface area contributed by atoms with Gasteiger partial charge in [-0.3, -0.25) is 0 Å². The van der Waals surface area contributed by atoms with Crippen molar-refractivity contribution in [2.45, 2.75) is 31.7 Å². The maximum Gasteiger partial charge on any atom is 0.124 e. The van der Waals surface area contributed by atoms with E-state index in [9.17, 15) is 4.39 Å². The summed E-state index contributed by atoms with van der Waals surface area (Å²) in [4.78, 5) is 0. The van der Waals surface area contributed by atoms with Gasteiger partial charge in [-0.2, -0.15) is 0 Å². The van der Waals surface area contributed by atoms with Gasteiger partial charge in [0.05, 0.1) is 0 Å². The Morgan fingerprint density at radius 1 is 1.28 bits per heavy atom. The van der Waals surface area contributed by atoms with E-state index in [0.717, 1.165) is 21.9 Å². The lowest BCUT2D eigenvalue weighted by atomic mass is 9.80. The quantitative estimate of drug-likeness (QED) is 0.878. The van der Waals surface area contributed by atoms with Crippen LogP contribution in [0.3, 0.4) is 0 Å². The van der Waals surface area contributed by atoms with Gasteiger partial charge in [-0.25, -0.2) is 4.39 Å². The molecule has 0 aromatic heterocycles. The van der Waals surface area contributed by atoms with Crippen LogP contribution in [0.2, 0.25) is 0 Å². The lowest BCUT2D eigenvalue weighted by Gasteiger charge is -2.30. The Balaban J connectivity index is 1.87. The highest BCUT2D eigenvalue weighted by molar-refractivity contribution is 9.10. The molecule has 3 heteroatoms. The van der Waals surface area contributed by atoms with Crippen molar-refractivity contribution < 1.29 is 4.39 Å². The van der Waals surface area contributed by atoms with Gasteiger partial charge in [0, 0.05) is 10.5 Å². The van der Waals surface area contributed by atoms with E-state index >= 15 is 0 Å². The zero-order valence-corrected chi connectivity index (χ0v) is 12.2. The minimum atomic E-state index is -0.150. The molecule has 3 rings (SSSR count). The molecule has 18 heavy (non-hydrogen) atoms. The molecule has 2 saturated carbocycles. The standard InChI is InChI=1S/C15H19BrFN/c1-18-15(11-6-12(16)8-13(17)7-11)14-5-9-2-3-10(14)4-9/h6-10,14-15,18H,2-5H2,1H3. The normalized spacial score (nSPS) is 31.8. The van der Waals surface area contributed by atoms with Crippen LogP contribution in [0.1, 0.15) is 37.3 Å². The van der Waals surface area contributed by atoms with Gasteiger partial charge >= 0.3 is 0 Å². The van der Waals surface area contributed by atoms with Gasteiger partial charge in [-0.1, -0.05) is 22.4 Å². The van der Waals surface area contributed by atoms with E-state index in [1.54, 1.807) is 6.07 Å². The Kier molecular flexibility index (Phi) is 3.46. The summed E-state index contributed by atoms with van der Waals surface area (Å²) in [7, 11) is 2.00. The van der Waals surface area contributed by atoms with Crippen LogP contribution in [0.5, 0.6) is 0 Å². The number of hydrogen-bond acceptors (Lipinski definition) is 1. The molecule has 0 aliphatic heterocycles. The third kappa shape index (κ3) is 2.23. The van der Waals surface area contributed by atoms with Crippen LogP contribution >= 0.6 is 15.9 Å². The largest absolute Gasteiger partial charge is 0.313 e. The van der Waals surface area contributed by atoms with Crippen LogP contribution in [0.4, 0.5) is 4.39 Å². The minimum absolute atomic E-state index is 0.150. The van der Waals surface area contributed by atoms with Gasteiger partial charge in [0.1, 0.15) is 5.82 Å². The molecule has 2 aliphatic carbocycles. The molecule has 4 atom stereocenters. The molecular formula is C15H19BrFN. The van der Waals surface area contributed by atoms with E-state index in [0.29, 0.717) is 12.0 Å². The summed E-state index contributed by atoms with van der Waals surface area (Å²) in [6, 6.07) is 5.55. The zero-order valence-electron chi connectivity index (χ0n) is 10.6. The zero-order chi connectivity index (χ0) is 12.7. The highest BCUT2D eigenvalue weighted by atomic mass is 79.9. The van der Waals surface area contributed by atoms with Crippen LogP contribution in [0, 0.1) is 23.6 Å². The molecule has 1 aromatic carbocycles. The number of hydrogen-bond donors (Lipinski definition) is 1. The number of nitrogens with one attached hydrogen (secondary N) is 1. The van der Waals surface area contributed by atoms with Crippen molar-refractivity contribution >= 4 is 15.9 Å². The molecule has 2 fully saturated rings. The highest BCUT2D eigenvalue weighted by Crippen LogP contribution is 2.52. The second kappa shape index (κ2) is 4.93. The van der Waals surface area contributed by atoms with E-state index in [1.165, 1.54) is 31.7 Å². The molecule has 0 amide bonds. The monoisotopic (exact) mass is 311 g/mol. The molecule has 98 valence electrons. The number of fused-ring (bicyclic) bond motifs is 2. The molecule has 2 aliphatic rings. The molecule has 1 N–H and O–H groups in total. The molecule has 0 heterocycles. The van der Waals surface area contributed by atoms with E-state index < -0.39 is 0 Å². The van der Waals surface area contributed by atoms with Gasteiger partial charge in [0.15, 0.2) is 0 Å². The third-order valence-corrected chi connectivity index (χ3v) is 5.23. The molecule has 4 unspecified atom stereocenters. The van der Waals surface area contributed by atoms with Crippen LogP contribution in [0.25, 0.3) is 0 Å². The Hall–Kier alpha value is -0.410. The van der Waals surface area contributed by atoms with Crippen molar-refractivity contribution in [3.05, 3.63) is 34.1 Å². The van der Waals surface area contributed by atoms with E-state index in [1.807, 2.05) is 7.05 Å². The first kappa shape index (κ1) is 12.6. The predicted octanol–water partition coefficient (Wildman–Crippen LogP) is 4.28. The SMILES string of the molecule is CNC(c1cc(F)cc(Br)c1)C1CC2CCC1C2. The van der Waals surface area contributed by atoms with Crippen molar-refractivity contribution in [3.63, 3.8) is 0 Å². The molecule has 1 nitrogen and oxygen atoms in total. The predicted molar refractivity (Wildman–Crippen MR) is 74.8 cm³/mol. The van der Waals surface area contributed by atoms with Crippen LogP contribution < -0.4 is 5.32 Å².